The van der Waals surface area contributed by atoms with Gasteiger partial charge in [-0.2, -0.15) is 0 Å². The molecule has 3 aromatic rings. The molecule has 0 saturated carbocycles. The molecular weight excluding hydrogens is 262 g/mol. The van der Waals surface area contributed by atoms with Gasteiger partial charge in [0.05, 0.1) is 0 Å². The topological polar surface area (TPSA) is 53.1 Å². The summed E-state index contributed by atoms with van der Waals surface area (Å²) in [4.78, 5) is 14.3. The number of carboxylic acids is 1. The maximum Gasteiger partial charge on any atom is 0.352 e. The van der Waals surface area contributed by atoms with Crippen LogP contribution in [-0.2, 0) is 0 Å². The number of rotatable bonds is 2. The highest BCUT2D eigenvalue weighted by molar-refractivity contribution is 6.31. The van der Waals surface area contributed by atoms with E-state index in [1.807, 2.05) is 36.4 Å². The van der Waals surface area contributed by atoms with Crippen molar-refractivity contribution >= 4 is 28.5 Å². The molecule has 19 heavy (non-hydrogen) atoms. The zero-order valence-corrected chi connectivity index (χ0v) is 10.6. The van der Waals surface area contributed by atoms with Crippen LogP contribution in [0.15, 0.2) is 48.5 Å². The van der Waals surface area contributed by atoms with Gasteiger partial charge >= 0.3 is 5.97 Å². The van der Waals surface area contributed by atoms with Gasteiger partial charge in [0.25, 0.3) is 0 Å². The summed E-state index contributed by atoms with van der Waals surface area (Å²) in [6.45, 7) is 0. The minimum absolute atomic E-state index is 0.184. The Morgan fingerprint density at radius 1 is 1.11 bits per heavy atom. The number of benzene rings is 2. The second-order valence-electron chi connectivity index (χ2n) is 4.24. The van der Waals surface area contributed by atoms with Crippen LogP contribution in [0.4, 0.5) is 0 Å². The average molecular weight is 272 g/mol. The van der Waals surface area contributed by atoms with Crippen molar-refractivity contribution in [2.45, 2.75) is 0 Å². The van der Waals surface area contributed by atoms with Crippen LogP contribution in [0, 0.1) is 0 Å². The molecule has 0 aliphatic rings. The molecule has 0 amide bonds. The summed E-state index contributed by atoms with van der Waals surface area (Å²) in [7, 11) is 0. The van der Waals surface area contributed by atoms with Gasteiger partial charge in [-0.05, 0) is 23.8 Å². The summed E-state index contributed by atoms with van der Waals surface area (Å²) in [6.07, 6.45) is 0. The van der Waals surface area contributed by atoms with Gasteiger partial charge in [0.2, 0.25) is 0 Å². The van der Waals surface area contributed by atoms with Crippen LogP contribution >= 0.6 is 11.6 Å². The highest BCUT2D eigenvalue weighted by atomic mass is 35.5. The summed E-state index contributed by atoms with van der Waals surface area (Å²) in [6, 6.07) is 14.7. The number of carbonyl (C=O) groups is 1. The zero-order valence-electron chi connectivity index (χ0n) is 9.85. The maximum atomic E-state index is 11.4. The molecule has 0 spiro atoms. The van der Waals surface area contributed by atoms with Crippen LogP contribution in [0.3, 0.4) is 0 Å². The minimum atomic E-state index is -0.980. The predicted molar refractivity (Wildman–Crippen MR) is 75.7 cm³/mol. The SMILES string of the molecule is O=C(O)c1[nH]c2ccccc2c1-c1cccc(Cl)c1. The molecule has 4 heteroatoms. The Morgan fingerprint density at radius 2 is 1.89 bits per heavy atom. The predicted octanol–water partition coefficient (Wildman–Crippen LogP) is 4.19. The van der Waals surface area contributed by atoms with E-state index in [0.29, 0.717) is 10.6 Å². The van der Waals surface area contributed by atoms with Crippen molar-refractivity contribution in [3.63, 3.8) is 0 Å². The van der Waals surface area contributed by atoms with E-state index in [1.54, 1.807) is 12.1 Å². The molecule has 94 valence electrons. The average Bonchev–Trinajstić information content (AvgIpc) is 2.78. The lowest BCUT2D eigenvalue weighted by atomic mass is 10.0. The first kappa shape index (κ1) is 11.8. The van der Waals surface area contributed by atoms with Crippen LogP contribution in [-0.4, -0.2) is 16.1 Å². The van der Waals surface area contributed by atoms with Crippen LogP contribution < -0.4 is 0 Å². The van der Waals surface area contributed by atoms with Gasteiger partial charge in [-0.15, -0.1) is 0 Å². The van der Waals surface area contributed by atoms with Crippen molar-refractivity contribution in [1.82, 2.24) is 4.98 Å². The molecule has 1 aromatic heterocycles. The molecule has 0 fully saturated rings. The molecule has 0 unspecified atom stereocenters. The van der Waals surface area contributed by atoms with Crippen molar-refractivity contribution in [3.05, 3.63) is 59.2 Å². The van der Waals surface area contributed by atoms with Gasteiger partial charge in [0, 0.05) is 21.5 Å². The molecule has 0 aliphatic carbocycles. The molecular formula is C15H10ClNO2. The quantitative estimate of drug-likeness (QED) is 0.734. The second kappa shape index (κ2) is 4.44. The van der Waals surface area contributed by atoms with Crippen LogP contribution in [0.1, 0.15) is 10.5 Å². The Bertz CT molecular complexity index is 777. The minimum Gasteiger partial charge on any atom is -0.477 e. The molecule has 3 rings (SSSR count). The monoisotopic (exact) mass is 271 g/mol. The van der Waals surface area contributed by atoms with Crippen LogP contribution in [0.25, 0.3) is 22.0 Å². The Hall–Kier alpha value is -2.26. The lowest BCUT2D eigenvalue weighted by Gasteiger charge is -2.02. The van der Waals surface area contributed by atoms with Crippen molar-refractivity contribution in [2.75, 3.05) is 0 Å². The first-order chi connectivity index (χ1) is 9.16. The van der Waals surface area contributed by atoms with E-state index in [0.717, 1.165) is 16.5 Å². The lowest BCUT2D eigenvalue weighted by molar-refractivity contribution is 0.0692. The third kappa shape index (κ3) is 1.98. The highest BCUT2D eigenvalue weighted by Gasteiger charge is 2.18. The summed E-state index contributed by atoms with van der Waals surface area (Å²) >= 11 is 5.99. The fourth-order valence-electron chi connectivity index (χ4n) is 2.25. The van der Waals surface area contributed by atoms with Crippen LogP contribution in [0.5, 0.6) is 0 Å². The molecule has 1 heterocycles. The van der Waals surface area contributed by atoms with Gasteiger partial charge in [-0.1, -0.05) is 41.9 Å². The Labute approximate surface area is 114 Å². The second-order valence-corrected chi connectivity index (χ2v) is 4.67. The number of aromatic carboxylic acids is 1. The Kier molecular flexibility index (Phi) is 2.76. The molecule has 0 radical (unpaired) electrons. The molecule has 0 atom stereocenters. The fraction of sp³-hybridized carbons (Fsp3) is 0. The Morgan fingerprint density at radius 3 is 2.63 bits per heavy atom. The molecule has 0 bridgehead atoms. The smallest absolute Gasteiger partial charge is 0.352 e. The third-order valence-corrected chi connectivity index (χ3v) is 3.27. The van der Waals surface area contributed by atoms with Crippen molar-refractivity contribution in [2.24, 2.45) is 0 Å². The van der Waals surface area contributed by atoms with Gasteiger partial charge < -0.3 is 10.1 Å². The normalized spacial score (nSPS) is 10.8. The number of H-pyrrole nitrogens is 1. The molecule has 2 aromatic carbocycles. The largest absolute Gasteiger partial charge is 0.477 e. The molecule has 3 nitrogen and oxygen atoms in total. The van der Waals surface area contributed by atoms with E-state index in [1.165, 1.54) is 0 Å². The summed E-state index contributed by atoms with van der Waals surface area (Å²) in [5.41, 5.74) is 2.45. The number of carboxylic acid groups (broad SMARTS) is 1. The lowest BCUT2D eigenvalue weighted by Crippen LogP contribution is -1.98. The fourth-order valence-corrected chi connectivity index (χ4v) is 2.44. The number of halogens is 1. The number of fused-ring (bicyclic) bond motifs is 1. The van der Waals surface area contributed by atoms with Gasteiger partial charge in [0.15, 0.2) is 0 Å². The standard InChI is InChI=1S/C15H10ClNO2/c16-10-5-3-4-9(8-10)13-11-6-1-2-7-12(11)17-14(13)15(18)19/h1-8,17H,(H,18,19). The first-order valence-electron chi connectivity index (χ1n) is 5.77. The number of nitrogens with one attached hydrogen (secondary N) is 1. The Balaban J connectivity index is 2.38. The zero-order chi connectivity index (χ0) is 13.4. The van der Waals surface area contributed by atoms with Gasteiger partial charge in [0.1, 0.15) is 5.69 Å². The molecule has 0 aliphatic heterocycles. The summed E-state index contributed by atoms with van der Waals surface area (Å²) < 4.78 is 0. The van der Waals surface area contributed by atoms with E-state index >= 15 is 0 Å². The van der Waals surface area contributed by atoms with Crippen molar-refractivity contribution < 1.29 is 9.90 Å². The number of para-hydroxylation sites is 1. The summed E-state index contributed by atoms with van der Waals surface area (Å²) in [5.74, 6) is -0.980. The third-order valence-electron chi connectivity index (χ3n) is 3.03. The van der Waals surface area contributed by atoms with E-state index in [9.17, 15) is 9.90 Å². The van der Waals surface area contributed by atoms with E-state index in [-0.39, 0.29) is 5.69 Å². The number of aromatic nitrogens is 1. The van der Waals surface area contributed by atoms with Crippen molar-refractivity contribution in [3.8, 4) is 11.1 Å². The van der Waals surface area contributed by atoms with E-state index in [4.69, 9.17) is 11.6 Å². The highest BCUT2D eigenvalue weighted by Crippen LogP contribution is 2.33. The van der Waals surface area contributed by atoms with Gasteiger partial charge in [-0.3, -0.25) is 0 Å². The summed E-state index contributed by atoms with van der Waals surface area (Å²) in [5, 5.41) is 10.8. The number of hydrogen-bond acceptors (Lipinski definition) is 1. The van der Waals surface area contributed by atoms with Crippen LogP contribution in [0.2, 0.25) is 5.02 Å². The molecule has 0 saturated heterocycles. The molecule has 2 N–H and O–H groups in total. The number of aromatic amines is 1. The number of hydrogen-bond donors (Lipinski definition) is 2. The first-order valence-corrected chi connectivity index (χ1v) is 6.14. The van der Waals surface area contributed by atoms with E-state index in [2.05, 4.69) is 4.98 Å². The maximum absolute atomic E-state index is 11.4. The van der Waals surface area contributed by atoms with Gasteiger partial charge in [-0.25, -0.2) is 4.79 Å². The van der Waals surface area contributed by atoms with E-state index < -0.39 is 5.97 Å². The van der Waals surface area contributed by atoms with Crippen molar-refractivity contribution in [1.29, 1.82) is 0 Å².